The fourth-order valence-corrected chi connectivity index (χ4v) is 12.5. The predicted molar refractivity (Wildman–Crippen MR) is 297 cm³/mol. The Hall–Kier alpha value is -3.87. The average Bonchev–Trinajstić information content (AvgIpc) is 4.37. The summed E-state index contributed by atoms with van der Waals surface area (Å²) < 4.78 is 70.8. The van der Waals surface area contributed by atoms with Gasteiger partial charge in [0.2, 0.25) is 0 Å². The number of hydrogen-bond acceptors (Lipinski definition) is 20. The Morgan fingerprint density at radius 2 is 1.49 bits per heavy atom. The molecule has 4 heterocycles. The number of ether oxygens (including phenoxy) is 11. The highest BCUT2D eigenvalue weighted by molar-refractivity contribution is 5.91. The molecule has 1 amide bonds. The number of carbonyl (C=O) groups is 4. The normalized spacial score (nSPS) is 39.7. The van der Waals surface area contributed by atoms with E-state index in [1.807, 2.05) is 78.8 Å². The van der Waals surface area contributed by atoms with Crippen LogP contribution in [-0.2, 0) is 77.9 Å². The van der Waals surface area contributed by atoms with Gasteiger partial charge in [-0.1, -0.05) is 84.0 Å². The minimum atomic E-state index is -1.95. The third kappa shape index (κ3) is 17.2. The molecular formula is C60H97N3O18. The highest BCUT2D eigenvalue weighted by atomic mass is 16.7. The van der Waals surface area contributed by atoms with Crippen molar-refractivity contribution in [2.24, 2.45) is 46.6 Å². The minimum Gasteiger partial charge on any atom is -0.461 e. The van der Waals surface area contributed by atoms with Gasteiger partial charge in [0, 0.05) is 76.4 Å². The van der Waals surface area contributed by atoms with Gasteiger partial charge < -0.3 is 72.5 Å². The zero-order chi connectivity index (χ0) is 59.6. The molecule has 1 aromatic rings. The van der Waals surface area contributed by atoms with Gasteiger partial charge in [0.25, 0.3) is 0 Å². The van der Waals surface area contributed by atoms with E-state index in [9.17, 15) is 19.8 Å². The summed E-state index contributed by atoms with van der Waals surface area (Å²) in [6.07, 6.45) is -11.2. The summed E-state index contributed by atoms with van der Waals surface area (Å²) in [6.45, 7) is 24.3. The van der Waals surface area contributed by atoms with Gasteiger partial charge >= 0.3 is 18.0 Å². The second-order valence-electron chi connectivity index (χ2n) is 24.5. The zero-order valence-electron chi connectivity index (χ0n) is 50.9. The summed E-state index contributed by atoms with van der Waals surface area (Å²) in [7, 11) is 4.31. The van der Waals surface area contributed by atoms with Crippen LogP contribution in [0.5, 0.6) is 0 Å². The van der Waals surface area contributed by atoms with E-state index >= 15 is 9.59 Å². The van der Waals surface area contributed by atoms with Crippen LogP contribution in [0.1, 0.15) is 134 Å². The number of benzene rings is 1. The smallest absolute Gasteiger partial charge is 0.408 e. The molecule has 21 heteroatoms. The third-order valence-electron chi connectivity index (χ3n) is 17.0. The lowest BCUT2D eigenvalue weighted by Crippen LogP contribution is -2.59. The number of carbonyl (C=O) groups excluding carboxylic acids is 4. The molecule has 6 rings (SSSR count). The zero-order valence-corrected chi connectivity index (χ0v) is 50.9. The van der Waals surface area contributed by atoms with Gasteiger partial charge in [-0.2, -0.15) is 0 Å². The van der Waals surface area contributed by atoms with Crippen molar-refractivity contribution in [1.29, 1.82) is 0 Å². The van der Waals surface area contributed by atoms with E-state index in [1.165, 1.54) is 21.3 Å². The number of amides is 1. The van der Waals surface area contributed by atoms with E-state index in [2.05, 4.69) is 22.3 Å². The van der Waals surface area contributed by atoms with Crippen molar-refractivity contribution in [3.63, 3.8) is 0 Å². The van der Waals surface area contributed by atoms with E-state index in [-0.39, 0.29) is 50.5 Å². The first-order chi connectivity index (χ1) is 38.3. The number of cyclic esters (lactones) is 1. The topological polar surface area (TPSA) is 247 Å². The van der Waals surface area contributed by atoms with Gasteiger partial charge in [-0.05, 0) is 78.2 Å². The molecule has 5 fully saturated rings. The van der Waals surface area contributed by atoms with Gasteiger partial charge in [-0.25, -0.2) is 4.79 Å². The summed E-state index contributed by atoms with van der Waals surface area (Å²) in [5.41, 5.74) is -0.862. The lowest BCUT2D eigenvalue weighted by atomic mass is 9.74. The van der Waals surface area contributed by atoms with Crippen molar-refractivity contribution in [3.8, 4) is 0 Å². The molecule has 0 bridgehead atoms. The van der Waals surface area contributed by atoms with Crippen molar-refractivity contribution in [3.05, 3.63) is 35.9 Å². The van der Waals surface area contributed by atoms with Gasteiger partial charge in [0.1, 0.15) is 43.7 Å². The quantitative estimate of drug-likeness (QED) is 0.0782. The average molecular weight is 1150 g/mol. The molecule has 0 aromatic heterocycles. The largest absolute Gasteiger partial charge is 0.461 e. The maximum Gasteiger partial charge on any atom is 0.408 e. The molecule has 22 atom stereocenters. The molecule has 21 nitrogen and oxygen atoms in total. The van der Waals surface area contributed by atoms with Crippen LogP contribution in [-0.4, -0.2) is 183 Å². The van der Waals surface area contributed by atoms with Crippen molar-refractivity contribution in [1.82, 2.24) is 10.2 Å². The number of methoxy groups -OCH3 is 2. The number of aliphatic hydroxyl groups excluding tert-OH is 2. The molecule has 1 aromatic carbocycles. The number of rotatable bonds is 18. The molecular weight excluding hydrogens is 1050 g/mol. The number of hydrogen-bond donors (Lipinski definition) is 3. The van der Waals surface area contributed by atoms with Crippen molar-refractivity contribution < 1.29 is 86.3 Å². The highest BCUT2D eigenvalue weighted by Gasteiger charge is 2.53. The van der Waals surface area contributed by atoms with Crippen LogP contribution < -0.4 is 5.32 Å². The van der Waals surface area contributed by atoms with E-state index in [1.54, 1.807) is 34.6 Å². The molecule has 0 radical (unpaired) electrons. The summed E-state index contributed by atoms with van der Waals surface area (Å²) in [5.74, 6) is -7.32. The second-order valence-corrected chi connectivity index (χ2v) is 24.5. The number of oxime groups is 1. The first-order valence-corrected chi connectivity index (χ1v) is 29.4. The lowest BCUT2D eigenvalue weighted by Gasteiger charge is -2.45. The van der Waals surface area contributed by atoms with Crippen molar-refractivity contribution >= 4 is 29.5 Å². The van der Waals surface area contributed by atoms with Crippen LogP contribution in [0.2, 0.25) is 0 Å². The maximum atomic E-state index is 15.9. The summed E-state index contributed by atoms with van der Waals surface area (Å²) in [4.78, 5) is 67.3. The van der Waals surface area contributed by atoms with Crippen LogP contribution in [0.15, 0.2) is 35.5 Å². The highest BCUT2D eigenvalue weighted by Crippen LogP contribution is 2.41. The molecule has 2 unspecified atom stereocenters. The molecule has 81 heavy (non-hydrogen) atoms. The van der Waals surface area contributed by atoms with E-state index < -0.39 is 145 Å². The van der Waals surface area contributed by atoms with Crippen molar-refractivity contribution in [2.45, 2.75) is 239 Å². The standard InChI is InChI=1S/C60H97N3O18/c1-31(2)24-45(64)77-51-38(9)50(33(4)30-73-58-54(71-15)53(70-14)47(65)41(12)76-58)79-56(68)40(11)52(78-46-25-34(5)63(43-22-23-43)29-36(7)74-46)37(8)49(80-57-48(66)44(62-72-16)26-35(6)75-57)32(3)27-60(13,55(67)39(51)10)81-59(69)61-28-42-20-18-17-19-21-42/h17-21,31-41,43,46-54,57-58,65-66H,22-30H2,1-16H3,(H,61,69)/b62-44+/t32-,33?,34?,35+,36-,37+,38-,39+,40+,41+,46-,47+,48+,49-,50+,51+,52-,53+,54+,57-,58+,60-/m0/s1. The van der Waals surface area contributed by atoms with Crippen LogP contribution in [0, 0.1) is 41.4 Å². The molecule has 3 N–H and O–H groups in total. The third-order valence-corrected chi connectivity index (χ3v) is 17.0. The Morgan fingerprint density at radius 3 is 2.12 bits per heavy atom. The SMILES string of the molecule is CO/N=C1\C[C@@H](C)O[C@@H](O[C@@H]2[C@@H](C)[C@H](O[C@H]3CC(C)N(C4CC4)C[C@H](C)O3)[C@@H](C)C(=O)O[C@H](C(C)CO[C@@H]3O[C@H](C)[C@@H](O)[C@@H](OC)[C@H]3OC)[C@H](C)[C@@H](OC(=O)CC(C)C)[C@@H](C)C(=O)[C@@](C)(OC(=O)NCc3ccccc3)C[C@@H]2C)[C@@H]1O. The number of aliphatic hydroxyl groups is 2. The summed E-state index contributed by atoms with van der Waals surface area (Å²) >= 11 is 0. The predicted octanol–water partition coefficient (Wildman–Crippen LogP) is 6.74. The number of nitrogens with zero attached hydrogens (tertiary/aromatic N) is 2. The number of alkyl carbamates (subject to hydrolysis) is 1. The number of esters is 2. The van der Waals surface area contributed by atoms with Gasteiger partial charge in [-0.3, -0.25) is 19.3 Å². The van der Waals surface area contributed by atoms with E-state index in [4.69, 9.17) is 56.9 Å². The Kier molecular flexibility index (Phi) is 24.4. The van der Waals surface area contributed by atoms with Crippen LogP contribution in [0.25, 0.3) is 0 Å². The number of nitrogens with one attached hydrogen (secondary N) is 1. The molecule has 0 spiro atoms. The van der Waals surface area contributed by atoms with Gasteiger partial charge in [-0.15, -0.1) is 0 Å². The first kappa shape index (κ1) is 66.3. The Morgan fingerprint density at radius 1 is 0.815 bits per heavy atom. The van der Waals surface area contributed by atoms with Gasteiger partial charge in [0.05, 0.1) is 54.7 Å². The number of Topliss-reactive ketones (excluding diaryl/α,β-unsaturated/α-hetero) is 1. The second kappa shape index (κ2) is 29.8. The summed E-state index contributed by atoms with van der Waals surface area (Å²) in [6, 6.07) is 9.77. The van der Waals surface area contributed by atoms with Gasteiger partial charge in [0.15, 0.2) is 30.3 Å². The fraction of sp³-hybridized carbons (Fsp3) is 0.817. The van der Waals surface area contributed by atoms with Crippen LogP contribution in [0.3, 0.4) is 0 Å². The Labute approximate surface area is 480 Å². The maximum absolute atomic E-state index is 15.9. The number of ketones is 1. The molecule has 4 aliphatic heterocycles. The Balaban J connectivity index is 1.50. The molecule has 1 aliphatic carbocycles. The summed E-state index contributed by atoms with van der Waals surface area (Å²) in [5, 5.41) is 29.8. The lowest BCUT2D eigenvalue weighted by molar-refractivity contribution is -0.305. The van der Waals surface area contributed by atoms with Crippen LogP contribution >= 0.6 is 0 Å². The van der Waals surface area contributed by atoms with E-state index in [0.717, 1.165) is 18.4 Å². The molecule has 4 saturated heterocycles. The molecule has 1 saturated carbocycles. The Bertz CT molecular complexity index is 2200. The fourth-order valence-electron chi connectivity index (χ4n) is 12.5. The molecule has 460 valence electrons. The van der Waals surface area contributed by atoms with Crippen LogP contribution in [0.4, 0.5) is 4.79 Å². The monoisotopic (exact) mass is 1150 g/mol. The van der Waals surface area contributed by atoms with Crippen molar-refractivity contribution in [2.75, 3.05) is 34.5 Å². The minimum absolute atomic E-state index is 0.0123. The molecule has 5 aliphatic rings. The van der Waals surface area contributed by atoms with E-state index in [0.29, 0.717) is 24.7 Å². The first-order valence-electron chi connectivity index (χ1n) is 29.4.